The van der Waals surface area contributed by atoms with Crippen molar-refractivity contribution in [1.29, 1.82) is 0 Å². The fourth-order valence-electron chi connectivity index (χ4n) is 3.49. The van der Waals surface area contributed by atoms with E-state index in [1.165, 1.54) is 16.0 Å². The van der Waals surface area contributed by atoms with Crippen LogP contribution >= 0.6 is 11.8 Å². The van der Waals surface area contributed by atoms with Gasteiger partial charge in [-0.15, -0.1) is 0 Å². The Kier molecular flexibility index (Phi) is 5.54. The molecule has 0 bridgehead atoms. The fraction of sp³-hybridized carbons (Fsp3) is 0.200. The topological polar surface area (TPSA) is 41.5 Å². The monoisotopic (exact) mass is 400 g/mol. The SMILES string of the molecule is CCC1=Nc2cc(C(=O)NC(C)c3ccccc3)ccc2Sc2ccc(C)cc21. The largest absolute Gasteiger partial charge is 0.346 e. The molecular weight excluding hydrogens is 376 g/mol. The van der Waals surface area contributed by atoms with Crippen LogP contribution in [0.5, 0.6) is 0 Å². The van der Waals surface area contributed by atoms with Gasteiger partial charge in [0.1, 0.15) is 0 Å². The second-order valence-corrected chi connectivity index (χ2v) is 8.39. The molecule has 1 atom stereocenters. The van der Waals surface area contributed by atoms with E-state index in [1.807, 2.05) is 55.5 Å². The molecule has 29 heavy (non-hydrogen) atoms. The smallest absolute Gasteiger partial charge is 0.251 e. The molecule has 1 heterocycles. The van der Waals surface area contributed by atoms with E-state index in [2.05, 4.69) is 37.4 Å². The first kappa shape index (κ1) is 19.5. The van der Waals surface area contributed by atoms with Crippen molar-refractivity contribution in [3.63, 3.8) is 0 Å². The van der Waals surface area contributed by atoms with Crippen molar-refractivity contribution in [2.24, 2.45) is 4.99 Å². The number of nitrogens with zero attached hydrogens (tertiary/aromatic N) is 1. The van der Waals surface area contributed by atoms with Crippen molar-refractivity contribution in [2.45, 2.75) is 43.0 Å². The molecule has 3 aromatic rings. The fourth-order valence-corrected chi connectivity index (χ4v) is 4.49. The van der Waals surface area contributed by atoms with Crippen molar-refractivity contribution < 1.29 is 4.79 Å². The van der Waals surface area contributed by atoms with Gasteiger partial charge in [0.15, 0.2) is 0 Å². The molecule has 3 nitrogen and oxygen atoms in total. The summed E-state index contributed by atoms with van der Waals surface area (Å²) in [6.07, 6.45) is 0.845. The molecule has 0 fully saturated rings. The molecular formula is C25H24N2OS. The maximum atomic E-state index is 12.8. The number of benzene rings is 3. The molecule has 0 saturated carbocycles. The maximum Gasteiger partial charge on any atom is 0.251 e. The summed E-state index contributed by atoms with van der Waals surface area (Å²) in [5.74, 6) is -0.0833. The number of aliphatic imine (C=N–C) groups is 1. The number of rotatable bonds is 4. The highest BCUT2D eigenvalue weighted by Crippen LogP contribution is 2.41. The van der Waals surface area contributed by atoms with Gasteiger partial charge in [0, 0.05) is 26.6 Å². The number of nitrogens with one attached hydrogen (secondary N) is 1. The lowest BCUT2D eigenvalue weighted by Crippen LogP contribution is -2.26. The zero-order valence-electron chi connectivity index (χ0n) is 16.9. The molecule has 3 aromatic carbocycles. The standard InChI is InChI=1S/C25H24N2OS/c1-4-21-20-14-16(2)10-12-23(20)29-24-13-11-19(15-22(24)27-21)25(28)26-17(3)18-8-6-5-7-9-18/h5-15,17H,4H2,1-3H3,(H,26,28). The second kappa shape index (κ2) is 8.26. The molecule has 0 aromatic heterocycles. The molecule has 1 N–H and O–H groups in total. The van der Waals surface area contributed by atoms with Crippen LogP contribution in [0.2, 0.25) is 0 Å². The average molecular weight is 401 g/mol. The van der Waals surface area contributed by atoms with Gasteiger partial charge in [0.25, 0.3) is 5.91 Å². The molecule has 4 heteroatoms. The van der Waals surface area contributed by atoms with Gasteiger partial charge in [-0.2, -0.15) is 0 Å². The van der Waals surface area contributed by atoms with Crippen molar-refractivity contribution in [3.8, 4) is 0 Å². The van der Waals surface area contributed by atoms with E-state index in [0.717, 1.165) is 28.3 Å². The van der Waals surface area contributed by atoms with Crippen molar-refractivity contribution >= 4 is 29.1 Å². The van der Waals surface area contributed by atoms with Crippen LogP contribution in [0, 0.1) is 6.92 Å². The summed E-state index contributed by atoms with van der Waals surface area (Å²) >= 11 is 1.72. The van der Waals surface area contributed by atoms with Gasteiger partial charge in [-0.3, -0.25) is 9.79 Å². The lowest BCUT2D eigenvalue weighted by atomic mass is 10.0. The molecule has 1 aliphatic rings. The minimum Gasteiger partial charge on any atom is -0.346 e. The quantitative estimate of drug-likeness (QED) is 0.544. The molecule has 0 saturated heterocycles. The summed E-state index contributed by atoms with van der Waals surface area (Å²) in [5.41, 5.74) is 6.06. The van der Waals surface area contributed by atoms with Crippen LogP contribution in [-0.2, 0) is 0 Å². The van der Waals surface area contributed by atoms with Crippen LogP contribution in [0.3, 0.4) is 0 Å². The number of amides is 1. The van der Waals surface area contributed by atoms with Crippen LogP contribution < -0.4 is 5.32 Å². The van der Waals surface area contributed by atoms with Crippen LogP contribution in [0.25, 0.3) is 0 Å². The lowest BCUT2D eigenvalue weighted by molar-refractivity contribution is 0.0940. The third-order valence-corrected chi connectivity index (χ3v) is 6.27. The third-order valence-electron chi connectivity index (χ3n) is 5.12. The maximum absolute atomic E-state index is 12.8. The number of fused-ring (bicyclic) bond motifs is 2. The number of hydrogen-bond donors (Lipinski definition) is 1. The minimum absolute atomic E-state index is 0.0566. The van der Waals surface area contributed by atoms with Gasteiger partial charge in [-0.1, -0.05) is 60.6 Å². The Morgan fingerprint density at radius 1 is 1.03 bits per heavy atom. The molecule has 146 valence electrons. The zero-order chi connectivity index (χ0) is 20.4. The first-order chi connectivity index (χ1) is 14.0. The lowest BCUT2D eigenvalue weighted by Gasteiger charge is -2.15. The van der Waals surface area contributed by atoms with E-state index in [0.29, 0.717) is 5.56 Å². The van der Waals surface area contributed by atoms with E-state index in [4.69, 9.17) is 4.99 Å². The summed E-state index contributed by atoms with van der Waals surface area (Å²) in [7, 11) is 0. The van der Waals surface area contributed by atoms with E-state index in [9.17, 15) is 4.79 Å². The van der Waals surface area contributed by atoms with Crippen LogP contribution in [0.1, 0.15) is 53.4 Å². The molecule has 0 aliphatic carbocycles. The van der Waals surface area contributed by atoms with Crippen molar-refractivity contribution in [3.05, 3.63) is 89.0 Å². The van der Waals surface area contributed by atoms with E-state index >= 15 is 0 Å². The normalized spacial score (nSPS) is 13.6. The first-order valence-corrected chi connectivity index (χ1v) is 10.7. The number of carbonyl (C=O) groups excluding carboxylic acids is 1. The van der Waals surface area contributed by atoms with E-state index < -0.39 is 0 Å². The van der Waals surface area contributed by atoms with Crippen molar-refractivity contribution in [1.82, 2.24) is 5.32 Å². The van der Waals surface area contributed by atoms with Crippen LogP contribution in [0.15, 0.2) is 81.5 Å². The minimum atomic E-state index is -0.0833. The van der Waals surface area contributed by atoms with Gasteiger partial charge >= 0.3 is 0 Å². The summed E-state index contributed by atoms with van der Waals surface area (Å²) in [6, 6.07) is 22.2. The van der Waals surface area contributed by atoms with Gasteiger partial charge in [-0.05, 0) is 56.2 Å². The molecule has 1 unspecified atom stereocenters. The van der Waals surface area contributed by atoms with Crippen LogP contribution in [-0.4, -0.2) is 11.6 Å². The predicted octanol–water partition coefficient (Wildman–Crippen LogP) is 6.48. The Balaban J connectivity index is 1.64. The molecule has 0 radical (unpaired) electrons. The van der Waals surface area contributed by atoms with E-state index in [-0.39, 0.29) is 11.9 Å². The van der Waals surface area contributed by atoms with Crippen molar-refractivity contribution in [2.75, 3.05) is 0 Å². The number of carbonyl (C=O) groups is 1. The van der Waals surface area contributed by atoms with Gasteiger partial charge < -0.3 is 5.32 Å². The first-order valence-electron chi connectivity index (χ1n) is 9.91. The highest BCUT2D eigenvalue weighted by Gasteiger charge is 2.19. The Bertz CT molecular complexity index is 1090. The number of aryl methyl sites for hydroxylation is 1. The Morgan fingerprint density at radius 2 is 1.79 bits per heavy atom. The second-order valence-electron chi connectivity index (χ2n) is 7.30. The van der Waals surface area contributed by atoms with Gasteiger partial charge in [-0.25, -0.2) is 0 Å². The Morgan fingerprint density at radius 3 is 2.55 bits per heavy atom. The van der Waals surface area contributed by atoms with Gasteiger partial charge in [0.05, 0.1) is 11.7 Å². The molecule has 1 aliphatic heterocycles. The molecule has 0 spiro atoms. The highest BCUT2D eigenvalue weighted by atomic mass is 32.2. The predicted molar refractivity (Wildman–Crippen MR) is 121 cm³/mol. The van der Waals surface area contributed by atoms with E-state index in [1.54, 1.807) is 11.8 Å². The highest BCUT2D eigenvalue weighted by molar-refractivity contribution is 7.99. The summed E-state index contributed by atoms with van der Waals surface area (Å²) in [5, 5.41) is 3.09. The van der Waals surface area contributed by atoms with Gasteiger partial charge in [0.2, 0.25) is 0 Å². The number of hydrogen-bond acceptors (Lipinski definition) is 3. The molecule has 1 amide bonds. The Labute approximate surface area is 176 Å². The summed E-state index contributed by atoms with van der Waals surface area (Å²) in [6.45, 7) is 6.23. The van der Waals surface area contributed by atoms with Crippen LogP contribution in [0.4, 0.5) is 5.69 Å². The zero-order valence-corrected chi connectivity index (χ0v) is 17.7. The Hall–Kier alpha value is -2.85. The molecule has 4 rings (SSSR count). The summed E-state index contributed by atoms with van der Waals surface area (Å²) in [4.78, 5) is 20.1. The third kappa shape index (κ3) is 4.13. The summed E-state index contributed by atoms with van der Waals surface area (Å²) < 4.78 is 0. The average Bonchev–Trinajstić information content (AvgIpc) is 2.89.